The average molecular weight is 931 g/mol. The molecule has 1 aliphatic carbocycles. The fourth-order valence-electron chi connectivity index (χ4n) is 4.96. The van der Waals surface area contributed by atoms with E-state index in [-0.39, 0.29) is 52.8 Å². The maximum Gasteiger partial charge on any atom is 0.303 e. The Labute approximate surface area is 347 Å². The van der Waals surface area contributed by atoms with Crippen LogP contribution in [0, 0.1) is 53.4 Å². The van der Waals surface area contributed by atoms with Gasteiger partial charge in [-0.15, -0.1) is 19.3 Å². The predicted octanol–water partition coefficient (Wildman–Crippen LogP) is 12.0. The number of carbonyl (C=O) groups excluding carboxylic acids is 1. The van der Waals surface area contributed by atoms with Crippen molar-refractivity contribution in [3.8, 4) is 25.2 Å². The van der Waals surface area contributed by atoms with Crippen LogP contribution in [0.25, 0.3) is 28.4 Å². The van der Waals surface area contributed by atoms with E-state index in [0.29, 0.717) is 19.3 Å². The molecule has 0 radical (unpaired) electrons. The molecule has 9 heteroatoms. The van der Waals surface area contributed by atoms with Crippen molar-refractivity contribution in [2.75, 3.05) is 0 Å². The Morgan fingerprint density at radius 2 is 1.53 bits per heavy atom. The summed E-state index contributed by atoms with van der Waals surface area (Å²) >= 11 is 0. The molecule has 55 heavy (non-hydrogen) atoms. The van der Waals surface area contributed by atoms with Gasteiger partial charge in [-0.1, -0.05) is 93.9 Å². The van der Waals surface area contributed by atoms with Gasteiger partial charge in [0.25, 0.3) is 0 Å². The Balaban J connectivity index is -0.000000306. The molecule has 2 atom stereocenters. The number of aliphatic hydroxyl groups is 1. The second-order valence-electron chi connectivity index (χ2n) is 12.1. The minimum Gasteiger partial charge on any atom is -0.676 e. The number of hydrogen-bond acceptors (Lipinski definition) is 5. The van der Waals surface area contributed by atoms with Crippen LogP contribution in [0.2, 0.25) is 0 Å². The summed E-state index contributed by atoms with van der Waals surface area (Å²) in [6.07, 6.45) is 34.8. The molecule has 8 nitrogen and oxygen atoms in total. The first-order valence-corrected chi connectivity index (χ1v) is 18.0. The number of fused-ring (bicyclic) bond motifs is 1. The molecule has 0 saturated heterocycles. The zero-order valence-electron chi connectivity index (χ0n) is 34.1. The van der Waals surface area contributed by atoms with E-state index in [9.17, 15) is 9.59 Å². The second kappa shape index (κ2) is 36.4. The maximum absolute atomic E-state index is 10.2. The smallest absolute Gasteiger partial charge is 0.303 e. The van der Waals surface area contributed by atoms with Gasteiger partial charge in [0, 0.05) is 57.9 Å². The minimum absolute atomic E-state index is 0. The molecule has 1 aliphatic rings. The topological polar surface area (TPSA) is 148 Å². The van der Waals surface area contributed by atoms with Crippen molar-refractivity contribution in [2.24, 2.45) is 0 Å². The standard InChI is InChI=1S/C15H17N.C10H12O2.C9H9NO2.C6H12N2.C3H8.C2H2.CH3.Pt/c1-5-7-13-10(2)11(3)14-8-6-9-16-15(14)12(13)4;1-3-5-6-9(4-2)7-8-10(11)12;11-7-9(12)4-3-8-2-1-5-10-6-8;7-5-3-1-2-4-6(5)8;1-3-2;1-2;;/h5-9H,1-4H3;1,4-6H,7-8H2,2H3,(H,11,12);1-2,5-6,12H,3-4H2;5-8H,1-4H2;3H2,1-2H3;1-2H;1H3;/q;;;-2;;;-1;/b7-5-;6-5-,9-4+;;;;;;/t;;;5-,6-;;;;/m...0..../s1. The van der Waals surface area contributed by atoms with Crippen LogP contribution >= 0.6 is 0 Å². The number of aliphatic carboxylic acids is 1. The number of terminal acetylenes is 2. The molecule has 304 valence electrons. The summed E-state index contributed by atoms with van der Waals surface area (Å²) in [6, 6.07) is 7.70. The van der Waals surface area contributed by atoms with Gasteiger partial charge in [0.05, 0.1) is 5.52 Å². The number of aryl methyl sites for hydroxylation is 3. The molecule has 0 amide bonds. The van der Waals surface area contributed by atoms with E-state index in [1.807, 2.05) is 37.4 Å². The number of allylic oxidation sites excluding steroid dienone is 6. The van der Waals surface area contributed by atoms with Crippen LogP contribution in [0.15, 0.2) is 78.5 Å². The largest absolute Gasteiger partial charge is 0.676 e. The van der Waals surface area contributed by atoms with Gasteiger partial charge >= 0.3 is 5.97 Å². The third-order valence-electron chi connectivity index (χ3n) is 7.92. The van der Waals surface area contributed by atoms with Crippen LogP contribution < -0.4 is 0 Å². The summed E-state index contributed by atoms with van der Waals surface area (Å²) in [6.45, 7) is 14.7. The number of nitrogens with one attached hydrogen (secondary N) is 2. The molecule has 0 unspecified atom stereocenters. The number of nitrogens with zero attached hydrogens (tertiary/aromatic N) is 2. The van der Waals surface area contributed by atoms with E-state index in [4.69, 9.17) is 28.1 Å². The molecule has 3 aromatic rings. The molecule has 0 spiro atoms. The molecule has 1 aromatic carbocycles. The molecular formula is C46H63N4O4Pt-3. The van der Waals surface area contributed by atoms with Crippen LogP contribution in [0.3, 0.4) is 0 Å². The average Bonchev–Trinajstić information content (AvgIpc) is 3.18. The quantitative estimate of drug-likeness (QED) is 0.0755. The molecule has 2 aromatic heterocycles. The number of carbonyl (C=O) groups is 1. The van der Waals surface area contributed by atoms with Gasteiger partial charge in [-0.05, 0) is 93.5 Å². The van der Waals surface area contributed by atoms with E-state index in [1.165, 1.54) is 52.8 Å². The predicted molar refractivity (Wildman–Crippen MR) is 231 cm³/mol. The van der Waals surface area contributed by atoms with Crippen LogP contribution in [0.1, 0.15) is 107 Å². The van der Waals surface area contributed by atoms with Gasteiger partial charge in [0.15, 0.2) is 11.7 Å². The Hall–Kier alpha value is -4.55. The van der Waals surface area contributed by atoms with E-state index >= 15 is 0 Å². The number of aliphatic hydroxyl groups excluding tert-OH is 1. The van der Waals surface area contributed by atoms with Crippen molar-refractivity contribution in [3.05, 3.63) is 125 Å². The van der Waals surface area contributed by atoms with Crippen molar-refractivity contribution >= 4 is 28.9 Å². The van der Waals surface area contributed by atoms with Gasteiger partial charge in [0.1, 0.15) is 0 Å². The number of hydrogen-bond donors (Lipinski definition) is 2. The molecule has 1 saturated carbocycles. The maximum atomic E-state index is 10.2. The fourth-order valence-corrected chi connectivity index (χ4v) is 4.96. The molecule has 0 bridgehead atoms. The number of benzene rings is 1. The van der Waals surface area contributed by atoms with E-state index in [2.05, 4.69) is 88.5 Å². The zero-order valence-corrected chi connectivity index (χ0v) is 36.4. The Morgan fingerprint density at radius 1 is 0.945 bits per heavy atom. The van der Waals surface area contributed by atoms with Gasteiger partial charge in [0.2, 0.25) is 0 Å². The van der Waals surface area contributed by atoms with E-state index in [1.54, 1.807) is 24.5 Å². The molecule has 0 aliphatic heterocycles. The fraction of sp³-hybridized carbons (Fsp3) is 0.391. The number of carboxylic acid groups (broad SMARTS) is 1. The SMILES string of the molecule is C#C.C#C/C=C\C(=C/C)CCC(=O)O.C/C=C\c1c(C)c(C)c2cccnc2c1C.CCC.O=C=C(O)CCc1cccnc1.[CH3-].[NH-][C@H]1CCCC[C@@H]1[NH-].[Pt]. The zero-order chi connectivity index (χ0) is 40.6. The molecule has 2 heterocycles. The number of rotatable bonds is 8. The van der Waals surface area contributed by atoms with Crippen LogP contribution in [0.5, 0.6) is 0 Å². The van der Waals surface area contributed by atoms with Gasteiger partial charge < -0.3 is 29.1 Å². The normalized spacial score (nSPS) is 14.0. The van der Waals surface area contributed by atoms with Crippen LogP contribution in [0.4, 0.5) is 0 Å². The Morgan fingerprint density at radius 3 is 1.98 bits per heavy atom. The number of carboxylic acids is 1. The second-order valence-corrected chi connectivity index (χ2v) is 12.1. The number of aromatic nitrogens is 2. The van der Waals surface area contributed by atoms with Crippen LogP contribution in [-0.4, -0.2) is 44.2 Å². The summed E-state index contributed by atoms with van der Waals surface area (Å²) in [5, 5.41) is 18.5. The van der Waals surface area contributed by atoms with E-state index < -0.39 is 5.97 Å². The molecule has 4 N–H and O–H groups in total. The minimum atomic E-state index is -0.788. The van der Waals surface area contributed by atoms with Crippen molar-refractivity contribution in [1.82, 2.24) is 9.97 Å². The van der Waals surface area contributed by atoms with Crippen molar-refractivity contribution < 1.29 is 40.9 Å². The first-order valence-electron chi connectivity index (χ1n) is 18.0. The summed E-state index contributed by atoms with van der Waals surface area (Å²) in [5.74, 6) is 2.76. The van der Waals surface area contributed by atoms with Gasteiger partial charge in [-0.3, -0.25) is 14.8 Å². The third-order valence-corrected chi connectivity index (χ3v) is 7.92. The van der Waals surface area contributed by atoms with Gasteiger partial charge in [-0.25, -0.2) is 4.79 Å². The first-order chi connectivity index (χ1) is 25.4. The molecular weight excluding hydrogens is 868 g/mol. The Kier molecular flexibility index (Phi) is 37.9. The molecule has 4 rings (SSSR count). The third kappa shape index (κ3) is 25.2. The van der Waals surface area contributed by atoms with Gasteiger partial charge in [-0.2, -0.15) is 12.1 Å². The summed E-state index contributed by atoms with van der Waals surface area (Å²) in [4.78, 5) is 28.5. The summed E-state index contributed by atoms with van der Waals surface area (Å²) in [5.41, 5.74) is 22.9. The van der Waals surface area contributed by atoms with Crippen molar-refractivity contribution in [3.63, 3.8) is 0 Å². The summed E-state index contributed by atoms with van der Waals surface area (Å²) in [7, 11) is 0. The van der Waals surface area contributed by atoms with Crippen molar-refractivity contribution in [2.45, 2.75) is 118 Å². The summed E-state index contributed by atoms with van der Waals surface area (Å²) < 4.78 is 0. The Bertz CT molecular complexity index is 1670. The van der Waals surface area contributed by atoms with E-state index in [0.717, 1.165) is 29.5 Å². The number of pyridine rings is 2. The van der Waals surface area contributed by atoms with Crippen molar-refractivity contribution in [1.29, 1.82) is 0 Å². The van der Waals surface area contributed by atoms with Crippen LogP contribution in [-0.2, 0) is 37.1 Å². The first kappa shape index (κ1) is 57.2. The monoisotopic (exact) mass is 930 g/mol. The molecule has 1 fully saturated rings.